The van der Waals surface area contributed by atoms with Crippen molar-refractivity contribution in [2.45, 2.75) is 13.1 Å². The van der Waals surface area contributed by atoms with E-state index in [0.717, 1.165) is 17.7 Å². The Morgan fingerprint density at radius 1 is 1.08 bits per heavy atom. The number of rotatable bonds is 9. The fraction of sp³-hybridized carbons (Fsp3) is 0.350. The highest BCUT2D eigenvalue weighted by molar-refractivity contribution is 5.94. The molecular weight excluding hydrogens is 330 g/mol. The van der Waals surface area contributed by atoms with Crippen LogP contribution in [0.15, 0.2) is 42.5 Å². The molecule has 2 aromatic carbocycles. The van der Waals surface area contributed by atoms with Gasteiger partial charge in [0.1, 0.15) is 6.61 Å². The molecular formula is C20H27N3O3. The van der Waals surface area contributed by atoms with Gasteiger partial charge in [-0.3, -0.25) is 4.79 Å². The summed E-state index contributed by atoms with van der Waals surface area (Å²) in [6.45, 7) is 2.28. The van der Waals surface area contributed by atoms with Gasteiger partial charge in [-0.2, -0.15) is 0 Å². The van der Waals surface area contributed by atoms with Crippen LogP contribution in [0.25, 0.3) is 0 Å². The summed E-state index contributed by atoms with van der Waals surface area (Å²) < 4.78 is 11.1. The average Bonchev–Trinajstić information content (AvgIpc) is 2.66. The molecule has 0 aliphatic heterocycles. The molecule has 0 unspecified atom stereocenters. The van der Waals surface area contributed by atoms with Crippen LogP contribution in [0.3, 0.4) is 0 Å². The van der Waals surface area contributed by atoms with Crippen molar-refractivity contribution in [1.29, 1.82) is 0 Å². The predicted molar refractivity (Wildman–Crippen MR) is 103 cm³/mol. The monoisotopic (exact) mass is 357 g/mol. The van der Waals surface area contributed by atoms with E-state index in [1.807, 2.05) is 44.4 Å². The molecule has 0 saturated carbocycles. The third-order valence-electron chi connectivity index (χ3n) is 3.93. The molecule has 0 spiro atoms. The topological polar surface area (TPSA) is 76.8 Å². The van der Waals surface area contributed by atoms with Crippen molar-refractivity contribution < 1.29 is 14.3 Å². The van der Waals surface area contributed by atoms with Gasteiger partial charge in [-0.25, -0.2) is 0 Å². The molecule has 0 heterocycles. The molecule has 2 aromatic rings. The fourth-order valence-electron chi connectivity index (χ4n) is 2.36. The van der Waals surface area contributed by atoms with Crippen molar-refractivity contribution >= 4 is 5.91 Å². The Morgan fingerprint density at radius 3 is 2.38 bits per heavy atom. The molecule has 2 rings (SSSR count). The van der Waals surface area contributed by atoms with Crippen molar-refractivity contribution in [1.82, 2.24) is 10.2 Å². The van der Waals surface area contributed by atoms with Gasteiger partial charge in [0.25, 0.3) is 5.91 Å². The zero-order chi connectivity index (χ0) is 18.9. The number of ether oxygens (including phenoxy) is 2. The van der Waals surface area contributed by atoms with E-state index < -0.39 is 0 Å². The largest absolute Gasteiger partial charge is 0.493 e. The average molecular weight is 357 g/mol. The molecule has 140 valence electrons. The van der Waals surface area contributed by atoms with E-state index in [9.17, 15) is 4.79 Å². The summed E-state index contributed by atoms with van der Waals surface area (Å²) in [6.07, 6.45) is 0. The second-order valence-corrected chi connectivity index (χ2v) is 6.22. The number of benzene rings is 2. The predicted octanol–water partition coefficient (Wildman–Crippen LogP) is 2.02. The van der Waals surface area contributed by atoms with Gasteiger partial charge in [-0.15, -0.1) is 0 Å². The second kappa shape index (κ2) is 9.79. The maximum Gasteiger partial charge on any atom is 0.251 e. The van der Waals surface area contributed by atoms with Crippen LogP contribution in [-0.4, -0.2) is 45.2 Å². The lowest BCUT2D eigenvalue weighted by molar-refractivity contribution is 0.0951. The van der Waals surface area contributed by atoms with E-state index in [1.165, 1.54) is 0 Å². The molecule has 0 aromatic heterocycles. The number of hydrogen-bond acceptors (Lipinski definition) is 5. The highest BCUT2D eigenvalue weighted by atomic mass is 16.5. The minimum atomic E-state index is -0.126. The third-order valence-corrected chi connectivity index (χ3v) is 3.93. The van der Waals surface area contributed by atoms with Crippen LogP contribution in [0.5, 0.6) is 11.5 Å². The summed E-state index contributed by atoms with van der Waals surface area (Å²) in [7, 11) is 5.60. The summed E-state index contributed by atoms with van der Waals surface area (Å²) >= 11 is 0. The van der Waals surface area contributed by atoms with Crippen LogP contribution in [0, 0.1) is 0 Å². The van der Waals surface area contributed by atoms with Gasteiger partial charge in [-0.05, 0) is 49.5 Å². The van der Waals surface area contributed by atoms with Gasteiger partial charge >= 0.3 is 0 Å². The van der Waals surface area contributed by atoms with Gasteiger partial charge in [-0.1, -0.05) is 18.2 Å². The van der Waals surface area contributed by atoms with Crippen LogP contribution in [0.4, 0.5) is 0 Å². The first-order valence-corrected chi connectivity index (χ1v) is 8.55. The second-order valence-electron chi connectivity index (χ2n) is 6.22. The standard InChI is InChI=1S/C20H27N3O3/c1-23(2)10-11-26-18-9-6-16(12-19(18)25-3)14-22-20(24)17-7-4-15(13-21)5-8-17/h4-9,12H,10-11,13-14,21H2,1-3H3,(H,22,24). The van der Waals surface area contributed by atoms with Crippen molar-refractivity contribution in [3.8, 4) is 11.5 Å². The van der Waals surface area contributed by atoms with E-state index in [4.69, 9.17) is 15.2 Å². The number of hydrogen-bond donors (Lipinski definition) is 2. The number of nitrogens with one attached hydrogen (secondary N) is 1. The highest BCUT2D eigenvalue weighted by Gasteiger charge is 2.09. The molecule has 3 N–H and O–H groups in total. The minimum absolute atomic E-state index is 0.126. The smallest absolute Gasteiger partial charge is 0.251 e. The Hall–Kier alpha value is -2.57. The van der Waals surface area contributed by atoms with Crippen LogP contribution in [-0.2, 0) is 13.1 Å². The van der Waals surface area contributed by atoms with Gasteiger partial charge in [0.05, 0.1) is 7.11 Å². The number of carbonyl (C=O) groups is 1. The Morgan fingerprint density at radius 2 is 1.77 bits per heavy atom. The Kier molecular flexibility index (Phi) is 7.44. The third kappa shape index (κ3) is 5.75. The van der Waals surface area contributed by atoms with E-state index in [-0.39, 0.29) is 5.91 Å². The Bertz CT molecular complexity index is 715. The first-order chi connectivity index (χ1) is 12.5. The summed E-state index contributed by atoms with van der Waals surface area (Å²) in [5.41, 5.74) is 8.11. The van der Waals surface area contributed by atoms with Crippen LogP contribution in [0.2, 0.25) is 0 Å². The zero-order valence-electron chi connectivity index (χ0n) is 15.6. The van der Waals surface area contributed by atoms with Crippen LogP contribution in [0.1, 0.15) is 21.5 Å². The summed E-state index contributed by atoms with van der Waals surface area (Å²) in [6, 6.07) is 12.9. The minimum Gasteiger partial charge on any atom is -0.493 e. The number of nitrogens with two attached hydrogens (primary N) is 1. The Balaban J connectivity index is 1.95. The summed E-state index contributed by atoms with van der Waals surface area (Å²) in [5.74, 6) is 1.23. The van der Waals surface area contributed by atoms with Gasteiger partial charge < -0.3 is 25.4 Å². The lowest BCUT2D eigenvalue weighted by Gasteiger charge is -2.14. The first-order valence-electron chi connectivity index (χ1n) is 8.55. The lowest BCUT2D eigenvalue weighted by Crippen LogP contribution is -2.23. The maximum atomic E-state index is 12.2. The first kappa shape index (κ1) is 19.8. The van der Waals surface area contributed by atoms with E-state index in [2.05, 4.69) is 10.2 Å². The quantitative estimate of drug-likeness (QED) is 0.718. The number of methoxy groups -OCH3 is 1. The van der Waals surface area contributed by atoms with Crippen LogP contribution >= 0.6 is 0 Å². The molecule has 0 saturated heterocycles. The highest BCUT2D eigenvalue weighted by Crippen LogP contribution is 2.28. The Labute approximate surface area is 154 Å². The fourth-order valence-corrected chi connectivity index (χ4v) is 2.36. The number of nitrogens with zero attached hydrogens (tertiary/aromatic N) is 1. The van der Waals surface area contributed by atoms with Gasteiger partial charge in [0.2, 0.25) is 0 Å². The molecule has 0 aliphatic rings. The maximum absolute atomic E-state index is 12.2. The van der Waals surface area contributed by atoms with Crippen molar-refractivity contribution in [2.24, 2.45) is 5.73 Å². The van der Waals surface area contributed by atoms with Gasteiger partial charge in [0, 0.05) is 25.2 Å². The summed E-state index contributed by atoms with van der Waals surface area (Å²) in [4.78, 5) is 14.3. The molecule has 6 nitrogen and oxygen atoms in total. The van der Waals surface area contributed by atoms with E-state index in [0.29, 0.717) is 36.8 Å². The number of likely N-dealkylation sites (N-methyl/N-ethyl adjacent to an activating group) is 1. The summed E-state index contributed by atoms with van der Waals surface area (Å²) in [5, 5.41) is 2.91. The molecule has 0 fully saturated rings. The number of amides is 1. The molecule has 0 aliphatic carbocycles. The van der Waals surface area contributed by atoms with Crippen molar-refractivity contribution in [3.63, 3.8) is 0 Å². The molecule has 0 bridgehead atoms. The molecule has 6 heteroatoms. The van der Waals surface area contributed by atoms with Crippen LogP contribution < -0.4 is 20.5 Å². The van der Waals surface area contributed by atoms with E-state index in [1.54, 1.807) is 19.2 Å². The molecule has 1 amide bonds. The van der Waals surface area contributed by atoms with Crippen molar-refractivity contribution in [3.05, 3.63) is 59.2 Å². The molecule has 0 atom stereocenters. The normalized spacial score (nSPS) is 10.7. The molecule has 26 heavy (non-hydrogen) atoms. The SMILES string of the molecule is COc1cc(CNC(=O)c2ccc(CN)cc2)ccc1OCCN(C)C. The molecule has 0 radical (unpaired) electrons. The van der Waals surface area contributed by atoms with Gasteiger partial charge in [0.15, 0.2) is 11.5 Å². The number of carbonyl (C=O) groups excluding carboxylic acids is 1. The van der Waals surface area contributed by atoms with E-state index >= 15 is 0 Å². The zero-order valence-corrected chi connectivity index (χ0v) is 15.6. The van der Waals surface area contributed by atoms with Crippen molar-refractivity contribution in [2.75, 3.05) is 34.4 Å². The lowest BCUT2D eigenvalue weighted by atomic mass is 10.1.